The van der Waals surface area contributed by atoms with Crippen LogP contribution in [0.15, 0.2) is 42.5 Å². The number of ether oxygens (including phenoxy) is 3. The number of rotatable bonds is 10. The van der Waals surface area contributed by atoms with Gasteiger partial charge in [-0.3, -0.25) is 9.89 Å². The summed E-state index contributed by atoms with van der Waals surface area (Å²) in [6.07, 6.45) is 0.822. The number of anilines is 1. The van der Waals surface area contributed by atoms with Gasteiger partial charge in [-0.1, -0.05) is 23.7 Å². The Hall–Kier alpha value is -3.39. The highest BCUT2D eigenvalue weighted by molar-refractivity contribution is 6.30. The minimum absolute atomic E-state index is 0.00385. The maximum atomic E-state index is 13.1. The van der Waals surface area contributed by atoms with Crippen LogP contribution in [0, 0.1) is 0 Å². The van der Waals surface area contributed by atoms with E-state index in [0.29, 0.717) is 54.2 Å². The van der Waals surface area contributed by atoms with Gasteiger partial charge in [-0.15, -0.1) is 0 Å². The standard InChI is InChI=1S/C26H31ClN4O4/c1-4-33-22-13-18(14-23(34-5-2)25(22)35-6-3)26(32)28-20-11-12-31(16-20)24-15-21(29-30-24)17-7-9-19(27)10-8-17/h7-10,13-15,20H,4-6,11-12,16H2,1-3H3,(H,28,32)(H,29,30)/t20-/m1/s1. The summed E-state index contributed by atoms with van der Waals surface area (Å²) in [5.41, 5.74) is 2.41. The second kappa shape index (κ2) is 11.4. The molecular weight excluding hydrogens is 468 g/mol. The van der Waals surface area contributed by atoms with Crippen LogP contribution >= 0.6 is 11.6 Å². The number of aromatic amines is 1. The van der Waals surface area contributed by atoms with Crippen LogP contribution in [0.2, 0.25) is 5.02 Å². The smallest absolute Gasteiger partial charge is 0.251 e. The fourth-order valence-corrected chi connectivity index (χ4v) is 4.25. The number of benzene rings is 2. The van der Waals surface area contributed by atoms with E-state index in [1.54, 1.807) is 12.1 Å². The Balaban J connectivity index is 1.44. The summed E-state index contributed by atoms with van der Waals surface area (Å²) >= 11 is 5.99. The predicted octanol–water partition coefficient (Wildman–Crippen LogP) is 4.93. The van der Waals surface area contributed by atoms with Crippen LogP contribution in [0.1, 0.15) is 37.6 Å². The summed E-state index contributed by atoms with van der Waals surface area (Å²) in [6.45, 7) is 8.53. The molecule has 35 heavy (non-hydrogen) atoms. The van der Waals surface area contributed by atoms with Crippen LogP contribution in [0.3, 0.4) is 0 Å². The SMILES string of the molecule is CCOc1cc(C(=O)N[C@@H]2CCN(c3cc(-c4ccc(Cl)cc4)[nH]n3)C2)cc(OCC)c1OCC. The Kier molecular flexibility index (Phi) is 8.02. The highest BCUT2D eigenvalue weighted by Gasteiger charge is 2.27. The lowest BCUT2D eigenvalue weighted by Gasteiger charge is -2.18. The molecule has 0 spiro atoms. The first-order chi connectivity index (χ1) is 17.0. The molecular formula is C26H31ClN4O4. The highest BCUT2D eigenvalue weighted by atomic mass is 35.5. The second-order valence-electron chi connectivity index (χ2n) is 8.15. The van der Waals surface area contributed by atoms with Crippen LogP contribution in [-0.2, 0) is 0 Å². The average Bonchev–Trinajstić information content (AvgIpc) is 3.52. The van der Waals surface area contributed by atoms with Crippen LogP contribution in [0.25, 0.3) is 11.3 Å². The van der Waals surface area contributed by atoms with Crippen molar-refractivity contribution in [2.75, 3.05) is 37.8 Å². The molecule has 1 aromatic heterocycles. The molecule has 0 unspecified atom stereocenters. The zero-order valence-corrected chi connectivity index (χ0v) is 21.0. The maximum absolute atomic E-state index is 13.1. The van der Waals surface area contributed by atoms with Gasteiger partial charge in [0.05, 0.1) is 25.5 Å². The van der Waals surface area contributed by atoms with Crippen molar-refractivity contribution in [3.8, 4) is 28.5 Å². The van der Waals surface area contributed by atoms with Gasteiger partial charge in [-0.25, -0.2) is 0 Å². The van der Waals surface area contributed by atoms with Gasteiger partial charge in [-0.2, -0.15) is 5.10 Å². The number of carbonyl (C=O) groups is 1. The number of carbonyl (C=O) groups excluding carboxylic acids is 1. The number of nitrogens with zero attached hydrogens (tertiary/aromatic N) is 2. The lowest BCUT2D eigenvalue weighted by atomic mass is 10.1. The first-order valence-corrected chi connectivity index (χ1v) is 12.3. The van der Waals surface area contributed by atoms with Crippen LogP contribution in [-0.4, -0.2) is 55.1 Å². The van der Waals surface area contributed by atoms with E-state index in [-0.39, 0.29) is 11.9 Å². The molecule has 1 amide bonds. The molecule has 2 heterocycles. The van der Waals surface area contributed by atoms with Crippen molar-refractivity contribution in [2.24, 2.45) is 0 Å². The van der Waals surface area contributed by atoms with Crippen LogP contribution in [0.4, 0.5) is 5.82 Å². The molecule has 1 saturated heterocycles. The number of hydrogen-bond donors (Lipinski definition) is 2. The number of H-pyrrole nitrogens is 1. The molecule has 1 fully saturated rings. The Morgan fingerprint density at radius 2 is 1.71 bits per heavy atom. The molecule has 1 aliphatic heterocycles. The third-order valence-corrected chi connectivity index (χ3v) is 5.99. The summed E-state index contributed by atoms with van der Waals surface area (Å²) in [7, 11) is 0. The van der Waals surface area contributed by atoms with E-state index < -0.39 is 0 Å². The molecule has 0 saturated carbocycles. The van der Waals surface area contributed by atoms with Gasteiger partial charge in [0.2, 0.25) is 5.75 Å². The molecule has 0 bridgehead atoms. The zero-order valence-electron chi connectivity index (χ0n) is 20.3. The zero-order chi connectivity index (χ0) is 24.8. The van der Waals surface area contributed by atoms with E-state index >= 15 is 0 Å². The minimum Gasteiger partial charge on any atom is -0.490 e. The molecule has 4 rings (SSSR count). The predicted molar refractivity (Wildman–Crippen MR) is 137 cm³/mol. The quantitative estimate of drug-likeness (QED) is 0.412. The number of aromatic nitrogens is 2. The Morgan fingerprint density at radius 3 is 2.34 bits per heavy atom. The summed E-state index contributed by atoms with van der Waals surface area (Å²) in [6, 6.07) is 13.1. The molecule has 8 nitrogen and oxygen atoms in total. The molecule has 2 N–H and O–H groups in total. The van der Waals surface area contributed by atoms with Crippen LogP contribution in [0.5, 0.6) is 17.2 Å². The van der Waals surface area contributed by atoms with Crippen molar-refractivity contribution < 1.29 is 19.0 Å². The second-order valence-corrected chi connectivity index (χ2v) is 8.59. The summed E-state index contributed by atoms with van der Waals surface area (Å²) in [4.78, 5) is 15.3. The third kappa shape index (κ3) is 5.82. The third-order valence-electron chi connectivity index (χ3n) is 5.74. The monoisotopic (exact) mass is 498 g/mol. The van der Waals surface area contributed by atoms with Gasteiger partial charge in [0.1, 0.15) is 0 Å². The summed E-state index contributed by atoms with van der Waals surface area (Å²) < 4.78 is 17.2. The number of hydrogen-bond acceptors (Lipinski definition) is 6. The number of amides is 1. The lowest BCUT2D eigenvalue weighted by Crippen LogP contribution is -2.37. The molecule has 2 aromatic carbocycles. The van der Waals surface area contributed by atoms with E-state index in [0.717, 1.165) is 30.0 Å². The summed E-state index contributed by atoms with van der Waals surface area (Å²) in [5.74, 6) is 2.21. The molecule has 0 radical (unpaired) electrons. The van der Waals surface area contributed by atoms with Crippen molar-refractivity contribution >= 4 is 23.3 Å². The molecule has 0 aliphatic carbocycles. The fraction of sp³-hybridized carbons (Fsp3) is 0.385. The normalized spacial score (nSPS) is 15.2. The van der Waals surface area contributed by atoms with E-state index in [4.69, 9.17) is 25.8 Å². The maximum Gasteiger partial charge on any atom is 0.251 e. The first-order valence-electron chi connectivity index (χ1n) is 12.0. The molecule has 1 aliphatic rings. The van der Waals surface area contributed by atoms with Gasteiger partial charge in [-0.05, 0) is 57.0 Å². The Bertz CT molecular complexity index is 1120. The van der Waals surface area contributed by atoms with Gasteiger partial charge in [0.25, 0.3) is 5.91 Å². The van der Waals surface area contributed by atoms with Gasteiger partial charge >= 0.3 is 0 Å². The molecule has 186 valence electrons. The molecule has 1 atom stereocenters. The first kappa shape index (κ1) is 24.7. The van der Waals surface area contributed by atoms with Crippen molar-refractivity contribution in [2.45, 2.75) is 33.2 Å². The van der Waals surface area contributed by atoms with E-state index in [1.165, 1.54) is 0 Å². The fourth-order valence-electron chi connectivity index (χ4n) is 4.13. The van der Waals surface area contributed by atoms with Crippen molar-refractivity contribution in [1.82, 2.24) is 15.5 Å². The Labute approximate surface area is 210 Å². The van der Waals surface area contributed by atoms with Crippen molar-refractivity contribution in [3.05, 3.63) is 53.1 Å². The average molecular weight is 499 g/mol. The van der Waals surface area contributed by atoms with E-state index in [2.05, 4.69) is 20.4 Å². The summed E-state index contributed by atoms with van der Waals surface area (Å²) in [5, 5.41) is 11.4. The van der Waals surface area contributed by atoms with Gasteiger partial charge < -0.3 is 24.4 Å². The largest absolute Gasteiger partial charge is 0.490 e. The highest BCUT2D eigenvalue weighted by Crippen LogP contribution is 2.39. The van der Waals surface area contributed by atoms with Crippen molar-refractivity contribution in [1.29, 1.82) is 0 Å². The number of nitrogens with one attached hydrogen (secondary N) is 2. The lowest BCUT2D eigenvalue weighted by molar-refractivity contribution is 0.0939. The van der Waals surface area contributed by atoms with Crippen LogP contribution < -0.4 is 24.4 Å². The topological polar surface area (TPSA) is 88.7 Å². The molecule has 9 heteroatoms. The minimum atomic E-state index is -0.175. The molecule has 3 aromatic rings. The Morgan fingerprint density at radius 1 is 1.06 bits per heavy atom. The van der Waals surface area contributed by atoms with Crippen molar-refractivity contribution in [3.63, 3.8) is 0 Å². The number of halogens is 1. The van der Waals surface area contributed by atoms with E-state index in [9.17, 15) is 4.79 Å². The van der Waals surface area contributed by atoms with Gasteiger partial charge in [0, 0.05) is 35.8 Å². The van der Waals surface area contributed by atoms with E-state index in [1.807, 2.05) is 51.1 Å². The van der Waals surface area contributed by atoms with Gasteiger partial charge in [0.15, 0.2) is 17.3 Å².